The summed E-state index contributed by atoms with van der Waals surface area (Å²) in [6, 6.07) is 8.91. The number of hydrogen-bond acceptors (Lipinski definition) is 0. The SMILES string of the molecule is [Cl-].[Cl-].[SiH2]=[Zr+2][CH]1C(C2C=CC=C2)=Cc2ccccc21. The molecule has 0 nitrogen and oxygen atoms in total. The van der Waals surface area contributed by atoms with Gasteiger partial charge in [-0.3, -0.25) is 0 Å². The summed E-state index contributed by atoms with van der Waals surface area (Å²) in [7, 11) is 0. The molecular formula is C14H13Cl2SiZr. The molecule has 2 aliphatic carbocycles. The molecule has 4 heteroatoms. The van der Waals surface area contributed by atoms with Gasteiger partial charge in [0.05, 0.1) is 0 Å². The zero-order valence-corrected chi connectivity index (χ0v) is 15.2. The van der Waals surface area contributed by atoms with Gasteiger partial charge in [0.1, 0.15) is 0 Å². The van der Waals surface area contributed by atoms with Gasteiger partial charge in [0, 0.05) is 0 Å². The van der Waals surface area contributed by atoms with E-state index >= 15 is 0 Å². The Labute approximate surface area is 133 Å². The van der Waals surface area contributed by atoms with Crippen LogP contribution >= 0.6 is 0 Å². The van der Waals surface area contributed by atoms with E-state index in [0.717, 1.165) is 3.63 Å². The van der Waals surface area contributed by atoms with Gasteiger partial charge in [0.25, 0.3) is 0 Å². The standard InChI is InChI=1S/C14H11.2ClH.H2Si.Zr/c1-2-6-11(5-1)14-9-12-7-3-4-8-13(12)10-14;;;;/h1-11H;2*1H;1H2;/q;;;;+2/p-2. The van der Waals surface area contributed by atoms with E-state index in [1.54, 1.807) is 11.1 Å². The van der Waals surface area contributed by atoms with Crippen molar-refractivity contribution in [2.75, 3.05) is 0 Å². The molecule has 1 unspecified atom stereocenters. The second-order valence-electron chi connectivity index (χ2n) is 4.21. The number of benzene rings is 1. The van der Waals surface area contributed by atoms with E-state index in [9.17, 15) is 0 Å². The first-order valence-corrected chi connectivity index (χ1v) is 12.9. The third-order valence-corrected chi connectivity index (χ3v) is 8.30. The zero-order valence-electron chi connectivity index (χ0n) is 9.81. The predicted molar refractivity (Wildman–Crippen MR) is 67.5 cm³/mol. The molecule has 0 saturated heterocycles. The average molecular weight is 371 g/mol. The van der Waals surface area contributed by atoms with Crippen LogP contribution in [0.15, 0.2) is 54.1 Å². The quantitative estimate of drug-likeness (QED) is 0.474. The normalized spacial score (nSPS) is 19.6. The van der Waals surface area contributed by atoms with Crippen LogP contribution in [0, 0.1) is 5.92 Å². The molecule has 1 aromatic rings. The van der Waals surface area contributed by atoms with E-state index in [-0.39, 0.29) is 46.7 Å². The molecule has 0 aliphatic heterocycles. The van der Waals surface area contributed by atoms with Gasteiger partial charge >= 0.3 is 110 Å². The molecule has 0 radical (unpaired) electrons. The maximum atomic E-state index is 2.43. The van der Waals surface area contributed by atoms with Crippen molar-refractivity contribution in [2.24, 2.45) is 5.92 Å². The molecule has 91 valence electrons. The molecule has 0 aromatic heterocycles. The van der Waals surface area contributed by atoms with Crippen molar-refractivity contribution >= 4 is 13.0 Å². The Balaban J connectivity index is 0.000000810. The van der Waals surface area contributed by atoms with Gasteiger partial charge in [-0.15, -0.1) is 0 Å². The van der Waals surface area contributed by atoms with Crippen molar-refractivity contribution in [3.05, 3.63) is 65.3 Å². The number of allylic oxidation sites excluding steroid dienone is 5. The zero-order chi connectivity index (χ0) is 11.0. The van der Waals surface area contributed by atoms with E-state index in [4.69, 9.17) is 0 Å². The number of fused-ring (bicyclic) bond motifs is 1. The van der Waals surface area contributed by atoms with Crippen LogP contribution in [0.25, 0.3) is 6.08 Å². The van der Waals surface area contributed by atoms with Crippen molar-refractivity contribution in [2.45, 2.75) is 3.63 Å². The molecule has 1 aromatic carbocycles. The fraction of sp³-hybridized carbons (Fsp3) is 0.143. The number of halogens is 2. The Morgan fingerprint density at radius 3 is 2.33 bits per heavy atom. The predicted octanol–water partition coefficient (Wildman–Crippen LogP) is -3.49. The fourth-order valence-electron chi connectivity index (χ4n) is 2.52. The van der Waals surface area contributed by atoms with Gasteiger partial charge in [0.15, 0.2) is 0 Å². The van der Waals surface area contributed by atoms with Gasteiger partial charge in [0.2, 0.25) is 0 Å². The molecule has 2 aliphatic rings. The Bertz CT molecular complexity index is 522. The minimum atomic E-state index is -0.283. The molecule has 0 fully saturated rings. The summed E-state index contributed by atoms with van der Waals surface area (Å²) < 4.78 is 0.801. The summed E-state index contributed by atoms with van der Waals surface area (Å²) in [4.78, 5) is 0. The van der Waals surface area contributed by atoms with Gasteiger partial charge in [-0.05, 0) is 0 Å². The van der Waals surface area contributed by atoms with Crippen LogP contribution in [0.1, 0.15) is 14.8 Å². The van der Waals surface area contributed by atoms with Crippen molar-refractivity contribution in [1.29, 1.82) is 0 Å². The van der Waals surface area contributed by atoms with Gasteiger partial charge in [-0.1, -0.05) is 0 Å². The van der Waals surface area contributed by atoms with Gasteiger partial charge < -0.3 is 24.8 Å². The molecule has 0 N–H and O–H groups in total. The summed E-state index contributed by atoms with van der Waals surface area (Å²) in [6.07, 6.45) is 11.4. The summed E-state index contributed by atoms with van der Waals surface area (Å²) in [6.45, 7) is 2.25. The number of rotatable bonds is 2. The summed E-state index contributed by atoms with van der Waals surface area (Å²) in [5, 5.41) is 0. The van der Waals surface area contributed by atoms with Crippen molar-refractivity contribution in [3.8, 4) is 0 Å². The van der Waals surface area contributed by atoms with Crippen molar-refractivity contribution < 1.29 is 46.7 Å². The molecule has 0 heterocycles. The second kappa shape index (κ2) is 7.05. The summed E-state index contributed by atoms with van der Waals surface area (Å²) in [5.74, 6) is 0.572. The van der Waals surface area contributed by atoms with Crippen LogP contribution in [-0.2, 0) is 21.9 Å². The Hall–Kier alpha value is 0.120. The van der Waals surface area contributed by atoms with Gasteiger partial charge in [-0.25, -0.2) is 0 Å². The first kappa shape index (κ1) is 16.2. The molecule has 0 bridgehead atoms. The van der Waals surface area contributed by atoms with Crippen molar-refractivity contribution in [1.82, 2.24) is 0 Å². The molecule has 3 rings (SSSR count). The van der Waals surface area contributed by atoms with Crippen LogP contribution in [0.2, 0.25) is 0 Å². The Morgan fingerprint density at radius 1 is 1.00 bits per heavy atom. The van der Waals surface area contributed by atoms with Crippen LogP contribution in [-0.4, -0.2) is 6.88 Å². The Kier molecular flexibility index (Phi) is 6.34. The number of hydrogen-bond donors (Lipinski definition) is 0. The third-order valence-electron chi connectivity index (χ3n) is 3.30. The molecule has 18 heavy (non-hydrogen) atoms. The molecule has 0 amide bonds. The minimum absolute atomic E-state index is 0. The molecular weight excluding hydrogens is 358 g/mol. The molecule has 0 spiro atoms. The Morgan fingerprint density at radius 2 is 1.67 bits per heavy atom. The van der Waals surface area contributed by atoms with Gasteiger partial charge in [-0.2, -0.15) is 0 Å². The van der Waals surface area contributed by atoms with E-state index in [2.05, 4.69) is 61.5 Å². The van der Waals surface area contributed by atoms with Crippen LogP contribution in [0.4, 0.5) is 0 Å². The second-order valence-corrected chi connectivity index (χ2v) is 9.04. The molecule has 1 atom stereocenters. The first-order chi connectivity index (χ1) is 7.90. The van der Waals surface area contributed by atoms with E-state index in [1.165, 1.54) is 5.56 Å². The first-order valence-electron chi connectivity index (χ1n) is 5.58. The van der Waals surface area contributed by atoms with E-state index in [1.807, 2.05) is 0 Å². The topological polar surface area (TPSA) is 0 Å². The molecule has 0 saturated carbocycles. The van der Waals surface area contributed by atoms with E-state index < -0.39 is 0 Å². The van der Waals surface area contributed by atoms with Crippen molar-refractivity contribution in [3.63, 3.8) is 0 Å². The maximum absolute atomic E-state index is 2.43. The van der Waals surface area contributed by atoms with E-state index in [0.29, 0.717) is 5.92 Å². The van der Waals surface area contributed by atoms with Crippen LogP contribution in [0.5, 0.6) is 0 Å². The van der Waals surface area contributed by atoms with Crippen LogP contribution < -0.4 is 24.8 Å². The summed E-state index contributed by atoms with van der Waals surface area (Å²) in [5.41, 5.74) is 4.70. The fourth-order valence-corrected chi connectivity index (χ4v) is 7.66. The summed E-state index contributed by atoms with van der Waals surface area (Å²) >= 11 is -0.283. The monoisotopic (exact) mass is 369 g/mol. The van der Waals surface area contributed by atoms with Crippen LogP contribution in [0.3, 0.4) is 0 Å². The third kappa shape index (κ3) is 2.82. The average Bonchev–Trinajstić information content (AvgIpc) is 2.95.